The van der Waals surface area contributed by atoms with Gasteiger partial charge in [0.25, 0.3) is 0 Å². The molecule has 7 nitrogen and oxygen atoms in total. The first-order valence-electron chi connectivity index (χ1n) is 9.56. The van der Waals surface area contributed by atoms with Crippen LogP contribution in [0.1, 0.15) is 18.5 Å². The van der Waals surface area contributed by atoms with Crippen molar-refractivity contribution in [1.82, 2.24) is 13.9 Å². The molecule has 4 rings (SSSR count). The average molecular weight is 413 g/mol. The lowest BCUT2D eigenvalue weighted by Crippen LogP contribution is -2.42. The van der Waals surface area contributed by atoms with E-state index in [1.165, 1.54) is 4.31 Å². The summed E-state index contributed by atoms with van der Waals surface area (Å²) in [5.74, 6) is -0.836. The predicted molar refractivity (Wildman–Crippen MR) is 108 cm³/mol. The van der Waals surface area contributed by atoms with Crippen molar-refractivity contribution in [3.8, 4) is 0 Å². The number of piperidine rings is 1. The first-order valence-corrected chi connectivity index (χ1v) is 11.0. The monoisotopic (exact) mass is 413 g/mol. The molecule has 8 heteroatoms. The summed E-state index contributed by atoms with van der Waals surface area (Å²) in [5.41, 5.74) is 0.787. The van der Waals surface area contributed by atoms with E-state index in [4.69, 9.17) is 4.74 Å². The molecule has 2 heterocycles. The van der Waals surface area contributed by atoms with E-state index in [1.807, 2.05) is 37.4 Å². The third-order valence-electron chi connectivity index (χ3n) is 5.35. The largest absolute Gasteiger partial charge is 0.459 e. The Morgan fingerprint density at radius 2 is 2.00 bits per heavy atom. The highest BCUT2D eigenvalue weighted by molar-refractivity contribution is 7.89. The Morgan fingerprint density at radius 3 is 2.76 bits per heavy atom. The van der Waals surface area contributed by atoms with Crippen molar-refractivity contribution in [3.63, 3.8) is 0 Å². The molecule has 1 fully saturated rings. The zero-order valence-electron chi connectivity index (χ0n) is 16.2. The van der Waals surface area contributed by atoms with Gasteiger partial charge in [0.1, 0.15) is 6.61 Å². The van der Waals surface area contributed by atoms with Crippen LogP contribution in [0.3, 0.4) is 0 Å². The standard InChI is InChI=1S/C21H23N3O4S/c1-23-15-22-12-19(23)14-28-21(25)18-7-4-10-24(13-18)29(26,27)20-9-8-16-5-2-3-6-17(16)11-20/h2-3,5-6,8-9,11-12,15,18H,4,7,10,13-14H2,1H3/t18-/m0/s1. The Labute approximate surface area is 170 Å². The number of aromatic nitrogens is 2. The number of benzene rings is 2. The Bertz CT molecular complexity index is 1140. The van der Waals surface area contributed by atoms with Crippen LogP contribution in [-0.2, 0) is 33.2 Å². The van der Waals surface area contributed by atoms with Gasteiger partial charge >= 0.3 is 5.97 Å². The van der Waals surface area contributed by atoms with E-state index in [-0.39, 0.29) is 24.0 Å². The number of fused-ring (bicyclic) bond motifs is 1. The Hall–Kier alpha value is -2.71. The van der Waals surface area contributed by atoms with Crippen LogP contribution in [0, 0.1) is 5.92 Å². The van der Waals surface area contributed by atoms with Gasteiger partial charge in [-0.05, 0) is 35.7 Å². The summed E-state index contributed by atoms with van der Waals surface area (Å²) in [4.78, 5) is 16.8. The smallest absolute Gasteiger partial charge is 0.310 e. The lowest BCUT2D eigenvalue weighted by molar-refractivity contribution is -0.151. The fourth-order valence-electron chi connectivity index (χ4n) is 3.62. The van der Waals surface area contributed by atoms with E-state index in [0.717, 1.165) is 16.5 Å². The quantitative estimate of drug-likeness (QED) is 0.601. The number of esters is 1. The van der Waals surface area contributed by atoms with Gasteiger partial charge in [0, 0.05) is 20.1 Å². The van der Waals surface area contributed by atoms with E-state index >= 15 is 0 Å². The topological polar surface area (TPSA) is 81.5 Å². The van der Waals surface area contributed by atoms with Crippen LogP contribution >= 0.6 is 0 Å². The summed E-state index contributed by atoms with van der Waals surface area (Å²) < 4.78 is 34.9. The minimum Gasteiger partial charge on any atom is -0.459 e. The van der Waals surface area contributed by atoms with Crippen LogP contribution in [-0.4, -0.2) is 41.3 Å². The maximum Gasteiger partial charge on any atom is 0.310 e. The molecule has 0 radical (unpaired) electrons. The zero-order valence-corrected chi connectivity index (χ0v) is 17.0. The summed E-state index contributed by atoms with van der Waals surface area (Å²) in [6.45, 7) is 0.670. The van der Waals surface area contributed by atoms with Gasteiger partial charge in [-0.25, -0.2) is 13.4 Å². The van der Waals surface area contributed by atoms with Crippen molar-refractivity contribution in [2.45, 2.75) is 24.3 Å². The maximum atomic E-state index is 13.2. The number of carbonyl (C=O) groups excluding carboxylic acids is 1. The van der Waals surface area contributed by atoms with Crippen LogP contribution in [0.5, 0.6) is 0 Å². The minimum atomic E-state index is -3.67. The third-order valence-corrected chi connectivity index (χ3v) is 7.22. The summed E-state index contributed by atoms with van der Waals surface area (Å²) in [7, 11) is -1.85. The number of carbonyl (C=O) groups is 1. The first kappa shape index (κ1) is 19.6. The summed E-state index contributed by atoms with van der Waals surface area (Å²) in [6, 6.07) is 12.8. The van der Waals surface area contributed by atoms with Crippen molar-refractivity contribution < 1.29 is 17.9 Å². The van der Waals surface area contributed by atoms with Crippen LogP contribution in [0.2, 0.25) is 0 Å². The van der Waals surface area contributed by atoms with Crippen LogP contribution in [0.15, 0.2) is 59.9 Å². The molecule has 0 aliphatic carbocycles. The summed E-state index contributed by atoms with van der Waals surface area (Å²) >= 11 is 0. The van der Waals surface area contributed by atoms with Crippen LogP contribution in [0.4, 0.5) is 0 Å². The Kier molecular flexibility index (Phi) is 5.38. The highest BCUT2D eigenvalue weighted by Gasteiger charge is 2.34. The Balaban J connectivity index is 1.47. The second-order valence-corrected chi connectivity index (χ2v) is 9.25. The number of rotatable bonds is 5. The molecule has 2 aromatic carbocycles. The van der Waals surface area contributed by atoms with E-state index in [9.17, 15) is 13.2 Å². The normalized spacial score (nSPS) is 18.0. The van der Waals surface area contributed by atoms with E-state index < -0.39 is 15.9 Å². The van der Waals surface area contributed by atoms with Crippen molar-refractivity contribution >= 4 is 26.8 Å². The number of sulfonamides is 1. The highest BCUT2D eigenvalue weighted by atomic mass is 32.2. The molecule has 0 amide bonds. The molecule has 0 spiro atoms. The third kappa shape index (κ3) is 4.04. The first-order chi connectivity index (χ1) is 13.9. The molecule has 1 saturated heterocycles. The molecular formula is C21H23N3O4S. The number of imidazole rings is 1. The molecule has 29 heavy (non-hydrogen) atoms. The van der Waals surface area contributed by atoms with Gasteiger partial charge in [0.05, 0.1) is 29.0 Å². The number of nitrogens with zero attached hydrogens (tertiary/aromatic N) is 3. The molecule has 0 bridgehead atoms. The molecule has 0 unspecified atom stereocenters. The molecule has 1 aliphatic heterocycles. The molecule has 3 aromatic rings. The Morgan fingerprint density at radius 1 is 1.21 bits per heavy atom. The van der Waals surface area contributed by atoms with Crippen molar-refractivity contribution in [2.75, 3.05) is 13.1 Å². The van der Waals surface area contributed by atoms with E-state index in [1.54, 1.807) is 29.2 Å². The van der Waals surface area contributed by atoms with Crippen molar-refractivity contribution in [2.24, 2.45) is 13.0 Å². The second kappa shape index (κ2) is 7.96. The molecular weight excluding hydrogens is 390 g/mol. The summed E-state index contributed by atoms with van der Waals surface area (Å²) in [6.07, 6.45) is 4.53. The predicted octanol–water partition coefficient (Wildman–Crippen LogP) is 2.72. The number of ether oxygens (including phenoxy) is 1. The lowest BCUT2D eigenvalue weighted by atomic mass is 10.00. The lowest BCUT2D eigenvalue weighted by Gasteiger charge is -2.30. The molecule has 0 N–H and O–H groups in total. The van der Waals surface area contributed by atoms with Crippen molar-refractivity contribution in [3.05, 3.63) is 60.7 Å². The summed E-state index contributed by atoms with van der Waals surface area (Å²) in [5, 5.41) is 1.86. The van der Waals surface area contributed by atoms with Crippen LogP contribution in [0.25, 0.3) is 10.8 Å². The van der Waals surface area contributed by atoms with E-state index in [0.29, 0.717) is 19.4 Å². The minimum absolute atomic E-state index is 0.128. The number of hydrogen-bond acceptors (Lipinski definition) is 5. The molecule has 1 atom stereocenters. The van der Waals surface area contributed by atoms with Gasteiger partial charge < -0.3 is 9.30 Å². The van der Waals surface area contributed by atoms with Gasteiger partial charge in [-0.1, -0.05) is 30.3 Å². The van der Waals surface area contributed by atoms with Gasteiger partial charge in [0.2, 0.25) is 10.0 Å². The average Bonchev–Trinajstić information content (AvgIpc) is 3.16. The fraction of sp³-hybridized carbons (Fsp3) is 0.333. The second-order valence-electron chi connectivity index (χ2n) is 7.31. The highest BCUT2D eigenvalue weighted by Crippen LogP contribution is 2.27. The molecule has 152 valence electrons. The van der Waals surface area contributed by atoms with Crippen LogP contribution < -0.4 is 0 Å². The molecule has 1 aliphatic rings. The maximum absolute atomic E-state index is 13.2. The van der Waals surface area contributed by atoms with Gasteiger partial charge in [-0.2, -0.15) is 4.31 Å². The SMILES string of the molecule is Cn1cncc1COC(=O)[C@H]1CCCN(S(=O)(=O)c2ccc3ccccc3c2)C1. The molecule has 1 aromatic heterocycles. The molecule has 0 saturated carbocycles. The fourth-order valence-corrected chi connectivity index (χ4v) is 5.18. The van der Waals surface area contributed by atoms with E-state index in [2.05, 4.69) is 4.98 Å². The van der Waals surface area contributed by atoms with Gasteiger partial charge in [-0.15, -0.1) is 0 Å². The number of aryl methyl sites for hydroxylation is 1. The van der Waals surface area contributed by atoms with Gasteiger partial charge in [-0.3, -0.25) is 4.79 Å². The van der Waals surface area contributed by atoms with Gasteiger partial charge in [0.15, 0.2) is 0 Å². The zero-order chi connectivity index (χ0) is 20.4. The number of hydrogen-bond donors (Lipinski definition) is 0. The van der Waals surface area contributed by atoms with Crippen molar-refractivity contribution in [1.29, 1.82) is 0 Å².